The van der Waals surface area contributed by atoms with E-state index in [2.05, 4.69) is 15.4 Å². The Labute approximate surface area is 149 Å². The fourth-order valence-corrected chi connectivity index (χ4v) is 3.84. The smallest absolute Gasteiger partial charge is 0.383 e. The van der Waals surface area contributed by atoms with Crippen molar-refractivity contribution < 1.29 is 26.3 Å². The number of alkyl halides is 6. The molecule has 3 heterocycles. The van der Waals surface area contributed by atoms with E-state index in [1.165, 1.54) is 6.07 Å². The molecular weight excluding hydrogens is 376 g/mol. The molecule has 4 rings (SSSR count). The predicted octanol–water partition coefficient (Wildman–Crippen LogP) is 3.04. The number of halogens is 6. The van der Waals surface area contributed by atoms with Crippen molar-refractivity contribution in [2.75, 3.05) is 18.8 Å². The van der Waals surface area contributed by atoms with Crippen LogP contribution in [0.15, 0.2) is 18.3 Å². The van der Waals surface area contributed by atoms with Gasteiger partial charge in [-0.1, -0.05) is 0 Å². The average molecular weight is 391 g/mol. The molecule has 2 aliphatic rings. The normalized spacial score (nSPS) is 24.9. The molecule has 2 aromatic rings. The van der Waals surface area contributed by atoms with Crippen molar-refractivity contribution in [1.29, 1.82) is 0 Å². The van der Waals surface area contributed by atoms with E-state index in [0.717, 1.165) is 16.9 Å². The van der Waals surface area contributed by atoms with Gasteiger partial charge in [0.15, 0.2) is 0 Å². The van der Waals surface area contributed by atoms with Crippen molar-refractivity contribution in [1.82, 2.24) is 20.1 Å². The van der Waals surface area contributed by atoms with Gasteiger partial charge in [-0.3, -0.25) is 4.68 Å². The number of fused-ring (bicyclic) bond motifs is 1. The molecule has 0 bridgehead atoms. The van der Waals surface area contributed by atoms with Gasteiger partial charge in [0.2, 0.25) is 0 Å². The predicted molar refractivity (Wildman–Crippen MR) is 83.5 cm³/mol. The van der Waals surface area contributed by atoms with Gasteiger partial charge in [-0.05, 0) is 37.1 Å². The summed E-state index contributed by atoms with van der Waals surface area (Å²) in [6.07, 6.45) is -8.12. The van der Waals surface area contributed by atoms with Crippen molar-refractivity contribution in [3.63, 3.8) is 0 Å². The SMILES string of the molecule is Nc1ncc(-c2cc([C@@H]3[C@@H]4CNC[C@@H]43)n(CC(F)(F)F)n2)cc1C(F)(F)F. The molecule has 5 nitrogen and oxygen atoms in total. The molecule has 146 valence electrons. The number of rotatable bonds is 3. The van der Waals surface area contributed by atoms with Crippen LogP contribution in [0.3, 0.4) is 0 Å². The minimum Gasteiger partial charge on any atom is -0.383 e. The molecule has 0 unspecified atom stereocenters. The molecule has 1 aliphatic heterocycles. The Morgan fingerprint density at radius 2 is 1.78 bits per heavy atom. The van der Waals surface area contributed by atoms with Crippen LogP contribution in [0, 0.1) is 11.8 Å². The van der Waals surface area contributed by atoms with Gasteiger partial charge in [-0.25, -0.2) is 4.98 Å². The monoisotopic (exact) mass is 391 g/mol. The van der Waals surface area contributed by atoms with E-state index >= 15 is 0 Å². The van der Waals surface area contributed by atoms with Crippen LogP contribution in [0.1, 0.15) is 17.2 Å². The van der Waals surface area contributed by atoms with Crippen molar-refractivity contribution in [3.8, 4) is 11.3 Å². The highest BCUT2D eigenvalue weighted by Crippen LogP contribution is 2.56. The van der Waals surface area contributed by atoms with Crippen LogP contribution in [-0.4, -0.2) is 34.0 Å². The van der Waals surface area contributed by atoms with Crippen molar-refractivity contribution in [3.05, 3.63) is 29.6 Å². The molecule has 1 saturated heterocycles. The molecule has 0 spiro atoms. The number of nitrogens with two attached hydrogens (primary N) is 1. The number of anilines is 1. The molecule has 3 atom stereocenters. The Morgan fingerprint density at radius 3 is 2.37 bits per heavy atom. The number of nitrogen functional groups attached to an aromatic ring is 1. The van der Waals surface area contributed by atoms with Crippen LogP contribution in [-0.2, 0) is 12.7 Å². The first-order valence-electron chi connectivity index (χ1n) is 8.23. The Bertz CT molecular complexity index is 861. The van der Waals surface area contributed by atoms with Crippen LogP contribution in [0.25, 0.3) is 11.3 Å². The third-order valence-corrected chi connectivity index (χ3v) is 5.09. The molecule has 2 aromatic heterocycles. The van der Waals surface area contributed by atoms with Gasteiger partial charge in [0.05, 0.1) is 11.3 Å². The van der Waals surface area contributed by atoms with Crippen LogP contribution in [0.5, 0.6) is 0 Å². The summed E-state index contributed by atoms with van der Waals surface area (Å²) < 4.78 is 78.8. The van der Waals surface area contributed by atoms with Gasteiger partial charge in [-0.15, -0.1) is 0 Å². The van der Waals surface area contributed by atoms with E-state index in [0.29, 0.717) is 18.8 Å². The Morgan fingerprint density at radius 1 is 1.11 bits per heavy atom. The lowest BCUT2D eigenvalue weighted by Gasteiger charge is -2.11. The average Bonchev–Trinajstić information content (AvgIpc) is 2.90. The second-order valence-electron chi connectivity index (χ2n) is 6.89. The van der Waals surface area contributed by atoms with Crippen molar-refractivity contribution >= 4 is 5.82 Å². The van der Waals surface area contributed by atoms with Crippen molar-refractivity contribution in [2.24, 2.45) is 11.8 Å². The minimum atomic E-state index is -4.72. The van der Waals surface area contributed by atoms with Gasteiger partial charge < -0.3 is 11.1 Å². The Hall–Kier alpha value is -2.30. The molecule has 0 radical (unpaired) electrons. The zero-order valence-electron chi connectivity index (χ0n) is 13.8. The first-order chi connectivity index (χ1) is 12.5. The summed E-state index contributed by atoms with van der Waals surface area (Å²) in [5.74, 6) is -0.295. The molecule has 3 N–H and O–H groups in total. The Kier molecular flexibility index (Phi) is 3.92. The summed E-state index contributed by atoms with van der Waals surface area (Å²) in [5, 5.41) is 7.09. The van der Waals surface area contributed by atoms with E-state index in [9.17, 15) is 26.3 Å². The second kappa shape index (κ2) is 5.85. The molecule has 1 saturated carbocycles. The number of hydrogen-bond donors (Lipinski definition) is 2. The summed E-state index contributed by atoms with van der Waals surface area (Å²) >= 11 is 0. The number of nitrogens with zero attached hydrogens (tertiary/aromatic N) is 3. The quantitative estimate of drug-likeness (QED) is 0.790. The van der Waals surface area contributed by atoms with E-state index in [4.69, 9.17) is 5.73 Å². The van der Waals surface area contributed by atoms with E-state index < -0.39 is 30.3 Å². The summed E-state index contributed by atoms with van der Waals surface area (Å²) in [4.78, 5) is 3.53. The summed E-state index contributed by atoms with van der Waals surface area (Å²) in [6, 6.07) is 2.20. The molecule has 0 aromatic carbocycles. The highest BCUT2D eigenvalue weighted by molar-refractivity contribution is 5.63. The third kappa shape index (κ3) is 3.35. The van der Waals surface area contributed by atoms with E-state index in [-0.39, 0.29) is 29.0 Å². The zero-order valence-corrected chi connectivity index (χ0v) is 13.8. The summed E-state index contributed by atoms with van der Waals surface area (Å²) in [7, 11) is 0. The number of pyridine rings is 1. The number of nitrogens with one attached hydrogen (secondary N) is 1. The van der Waals surface area contributed by atoms with E-state index in [1.807, 2.05) is 0 Å². The first kappa shape index (κ1) is 18.1. The number of aromatic nitrogens is 3. The van der Waals surface area contributed by atoms with Crippen LogP contribution < -0.4 is 11.1 Å². The maximum atomic E-state index is 13.0. The Balaban J connectivity index is 1.74. The fraction of sp³-hybridized carbons (Fsp3) is 0.500. The zero-order chi connectivity index (χ0) is 19.6. The fourth-order valence-electron chi connectivity index (χ4n) is 3.84. The number of piperidine rings is 1. The molecular formula is C16H15F6N5. The van der Waals surface area contributed by atoms with Gasteiger partial charge in [-0.2, -0.15) is 31.4 Å². The minimum absolute atomic E-state index is 0.0187. The molecule has 2 fully saturated rings. The van der Waals surface area contributed by atoms with E-state index in [1.54, 1.807) is 0 Å². The maximum Gasteiger partial charge on any atom is 0.419 e. The summed E-state index contributed by atoms with van der Waals surface area (Å²) in [6.45, 7) is 0.132. The lowest BCUT2D eigenvalue weighted by atomic mass is 10.1. The molecule has 1 aliphatic carbocycles. The first-order valence-corrected chi connectivity index (χ1v) is 8.23. The van der Waals surface area contributed by atoms with Crippen LogP contribution in [0.4, 0.5) is 32.2 Å². The highest BCUT2D eigenvalue weighted by Gasteiger charge is 2.55. The maximum absolute atomic E-state index is 13.0. The topological polar surface area (TPSA) is 68.8 Å². The standard InChI is InChI=1S/C16H15F6N5/c17-15(18,19)6-27-12(13-8-4-24-5-9(8)13)2-11(26-27)7-1-10(16(20,21)22)14(23)25-3-7/h1-3,8-9,13,24H,4-6H2,(H2,23,25)/t8-,9+,13-. The highest BCUT2D eigenvalue weighted by atomic mass is 19.4. The van der Waals surface area contributed by atoms with Crippen molar-refractivity contribution in [2.45, 2.75) is 24.8 Å². The van der Waals surface area contributed by atoms with Gasteiger partial charge in [0.25, 0.3) is 0 Å². The molecule has 27 heavy (non-hydrogen) atoms. The lowest BCUT2D eigenvalue weighted by Crippen LogP contribution is -2.22. The lowest BCUT2D eigenvalue weighted by molar-refractivity contribution is -0.143. The largest absolute Gasteiger partial charge is 0.419 e. The van der Waals surface area contributed by atoms with Gasteiger partial charge in [0, 0.05) is 23.4 Å². The van der Waals surface area contributed by atoms with Gasteiger partial charge in [0.1, 0.15) is 12.4 Å². The van der Waals surface area contributed by atoms with Crippen LogP contribution >= 0.6 is 0 Å². The molecule has 0 amide bonds. The summed E-state index contributed by atoms with van der Waals surface area (Å²) in [5.41, 5.74) is 4.53. The van der Waals surface area contributed by atoms with Gasteiger partial charge >= 0.3 is 12.4 Å². The van der Waals surface area contributed by atoms with Crippen LogP contribution in [0.2, 0.25) is 0 Å². The second-order valence-corrected chi connectivity index (χ2v) is 6.89. The number of hydrogen-bond acceptors (Lipinski definition) is 4. The third-order valence-electron chi connectivity index (χ3n) is 5.09. The molecule has 11 heteroatoms.